The molecular weight excluding hydrogens is 404 g/mol. The van der Waals surface area contributed by atoms with Crippen molar-refractivity contribution in [2.24, 2.45) is 0 Å². The molecule has 0 aliphatic rings. The van der Waals surface area contributed by atoms with Crippen LogP contribution in [0, 0.1) is 13.8 Å². The van der Waals surface area contributed by atoms with Crippen molar-refractivity contribution < 1.29 is 0 Å². The molecule has 0 bridgehead atoms. The van der Waals surface area contributed by atoms with Gasteiger partial charge in [-0.05, 0) is 72.5 Å². The predicted molar refractivity (Wildman–Crippen MR) is 133 cm³/mol. The van der Waals surface area contributed by atoms with Crippen molar-refractivity contribution in [1.29, 1.82) is 0 Å². The number of thiazole rings is 2. The molecule has 0 saturated carbocycles. The van der Waals surface area contributed by atoms with Crippen LogP contribution in [-0.2, 0) is 0 Å². The molecule has 4 heteroatoms. The Bertz CT molecular complexity index is 1290. The van der Waals surface area contributed by atoms with Crippen molar-refractivity contribution in [2.75, 3.05) is 0 Å². The summed E-state index contributed by atoms with van der Waals surface area (Å²) < 4.78 is 2.46. The van der Waals surface area contributed by atoms with Crippen LogP contribution in [0.1, 0.15) is 32.3 Å². The van der Waals surface area contributed by atoms with Gasteiger partial charge in [0.1, 0.15) is 10.0 Å². The summed E-state index contributed by atoms with van der Waals surface area (Å²) in [5, 5.41) is 2.07. The molecule has 0 unspecified atom stereocenters. The summed E-state index contributed by atoms with van der Waals surface area (Å²) in [5.41, 5.74) is 6.97. The third-order valence-electron chi connectivity index (χ3n) is 4.89. The summed E-state index contributed by atoms with van der Waals surface area (Å²) in [6.45, 7) is 4.20. The van der Waals surface area contributed by atoms with E-state index in [0.717, 1.165) is 32.2 Å². The Labute approximate surface area is 183 Å². The quantitative estimate of drug-likeness (QED) is 0.293. The fourth-order valence-electron chi connectivity index (χ4n) is 3.31. The Morgan fingerprint density at radius 1 is 0.567 bits per heavy atom. The van der Waals surface area contributed by atoms with E-state index in [-0.39, 0.29) is 0 Å². The second-order valence-electron chi connectivity index (χ2n) is 7.38. The lowest BCUT2D eigenvalue weighted by Gasteiger charge is -1.95. The lowest BCUT2D eigenvalue weighted by atomic mass is 10.1. The van der Waals surface area contributed by atoms with Gasteiger partial charge in [0.25, 0.3) is 0 Å². The minimum atomic E-state index is 1.03. The van der Waals surface area contributed by atoms with Crippen LogP contribution in [0.2, 0.25) is 0 Å². The normalized spacial score (nSPS) is 12.1. The van der Waals surface area contributed by atoms with Gasteiger partial charge in [-0.2, -0.15) is 0 Å². The minimum absolute atomic E-state index is 1.03. The third kappa shape index (κ3) is 4.11. The van der Waals surface area contributed by atoms with Crippen molar-refractivity contribution >= 4 is 67.4 Å². The van der Waals surface area contributed by atoms with Crippen LogP contribution < -0.4 is 0 Å². The van der Waals surface area contributed by atoms with Gasteiger partial charge >= 0.3 is 0 Å². The second kappa shape index (κ2) is 7.98. The Morgan fingerprint density at radius 2 is 1.00 bits per heavy atom. The largest absolute Gasteiger partial charge is 0.237 e. The van der Waals surface area contributed by atoms with E-state index in [1.807, 2.05) is 0 Å². The summed E-state index contributed by atoms with van der Waals surface area (Å²) in [6.07, 6.45) is 8.42. The lowest BCUT2D eigenvalue weighted by Crippen LogP contribution is -1.76. The summed E-state index contributed by atoms with van der Waals surface area (Å²) in [7, 11) is 0. The van der Waals surface area contributed by atoms with Crippen LogP contribution in [0.4, 0.5) is 0 Å². The zero-order chi connectivity index (χ0) is 20.5. The molecule has 0 spiro atoms. The smallest absolute Gasteiger partial charge is 0.117 e. The fourth-order valence-corrected chi connectivity index (χ4v) is 5.01. The van der Waals surface area contributed by atoms with Gasteiger partial charge in [-0.25, -0.2) is 9.97 Å². The first-order chi connectivity index (χ1) is 14.6. The maximum Gasteiger partial charge on any atom is 0.117 e. The summed E-state index contributed by atoms with van der Waals surface area (Å²) in [4.78, 5) is 9.41. The van der Waals surface area contributed by atoms with Gasteiger partial charge in [-0.15, -0.1) is 22.7 Å². The number of benzene rings is 3. The van der Waals surface area contributed by atoms with Gasteiger partial charge in [0, 0.05) is 0 Å². The monoisotopic (exact) mass is 424 g/mol. The molecule has 146 valence electrons. The maximum atomic E-state index is 4.71. The van der Waals surface area contributed by atoms with Crippen LogP contribution in [0.5, 0.6) is 0 Å². The Hall–Kier alpha value is -3.08. The van der Waals surface area contributed by atoms with Gasteiger partial charge in [0.05, 0.1) is 20.4 Å². The minimum Gasteiger partial charge on any atom is -0.237 e. The molecule has 0 radical (unpaired) electrons. The number of aromatic nitrogens is 2. The van der Waals surface area contributed by atoms with Crippen LogP contribution in [0.25, 0.3) is 44.7 Å². The topological polar surface area (TPSA) is 25.8 Å². The first kappa shape index (κ1) is 18.9. The average Bonchev–Trinajstić information content (AvgIpc) is 3.34. The number of aryl methyl sites for hydroxylation is 2. The molecule has 2 nitrogen and oxygen atoms in total. The van der Waals surface area contributed by atoms with Crippen molar-refractivity contribution in [1.82, 2.24) is 9.97 Å². The molecular formula is C26H20N2S2. The Morgan fingerprint density at radius 3 is 1.43 bits per heavy atom. The Kier molecular flexibility index (Phi) is 5.03. The first-order valence-corrected chi connectivity index (χ1v) is 11.5. The number of nitrogens with zero attached hydrogens (tertiary/aromatic N) is 2. The van der Waals surface area contributed by atoms with E-state index in [1.165, 1.54) is 20.5 Å². The van der Waals surface area contributed by atoms with Gasteiger partial charge < -0.3 is 0 Å². The standard InChI is InChI=1S/C26H20N2S2/c1-17-3-11-23-21(15-17)27-25(29-23)13-9-19-5-7-20(8-6-19)10-14-26-28-22-16-18(2)4-12-24(22)30-26/h3-16H,1-2H3. The molecule has 0 saturated heterocycles. The maximum absolute atomic E-state index is 4.71. The molecule has 2 aromatic heterocycles. The lowest BCUT2D eigenvalue weighted by molar-refractivity contribution is 1.43. The Balaban J connectivity index is 1.30. The molecule has 3 aromatic carbocycles. The van der Waals surface area contributed by atoms with E-state index in [1.54, 1.807) is 22.7 Å². The van der Waals surface area contributed by atoms with Gasteiger partial charge in [0.15, 0.2) is 0 Å². The second-order valence-corrected chi connectivity index (χ2v) is 9.50. The molecule has 0 aliphatic carbocycles. The molecule has 0 N–H and O–H groups in total. The van der Waals surface area contributed by atoms with E-state index in [9.17, 15) is 0 Å². The molecule has 0 aliphatic heterocycles. The molecule has 5 rings (SSSR count). The van der Waals surface area contributed by atoms with Crippen LogP contribution >= 0.6 is 22.7 Å². The highest BCUT2D eigenvalue weighted by atomic mass is 32.1. The van der Waals surface area contributed by atoms with Crippen LogP contribution in [0.15, 0.2) is 60.7 Å². The number of hydrogen-bond donors (Lipinski definition) is 0. The molecule has 5 aromatic rings. The van der Waals surface area contributed by atoms with Crippen molar-refractivity contribution in [3.05, 3.63) is 92.9 Å². The summed E-state index contributed by atoms with van der Waals surface area (Å²) in [6, 6.07) is 21.4. The van der Waals surface area contributed by atoms with Gasteiger partial charge in [0.2, 0.25) is 0 Å². The molecule has 2 heterocycles. The van der Waals surface area contributed by atoms with Crippen molar-refractivity contribution in [3.8, 4) is 0 Å². The van der Waals surface area contributed by atoms with E-state index >= 15 is 0 Å². The highest BCUT2D eigenvalue weighted by molar-refractivity contribution is 7.19. The zero-order valence-corrected chi connectivity index (χ0v) is 18.4. The van der Waals surface area contributed by atoms with E-state index in [2.05, 4.69) is 98.8 Å². The third-order valence-corrected chi connectivity index (χ3v) is 6.90. The van der Waals surface area contributed by atoms with Crippen molar-refractivity contribution in [2.45, 2.75) is 13.8 Å². The number of rotatable bonds is 4. The van der Waals surface area contributed by atoms with Crippen LogP contribution in [0.3, 0.4) is 0 Å². The van der Waals surface area contributed by atoms with E-state index in [4.69, 9.17) is 9.97 Å². The predicted octanol–water partition coefficient (Wildman–Crippen LogP) is 7.86. The van der Waals surface area contributed by atoms with E-state index in [0.29, 0.717) is 0 Å². The zero-order valence-electron chi connectivity index (χ0n) is 16.8. The SMILES string of the molecule is Cc1ccc2sc(C=Cc3ccc(C=Cc4nc5cc(C)ccc5s4)cc3)nc2c1. The average molecular weight is 425 g/mol. The summed E-state index contributed by atoms with van der Waals surface area (Å²) in [5.74, 6) is 0. The summed E-state index contributed by atoms with van der Waals surface area (Å²) >= 11 is 3.44. The van der Waals surface area contributed by atoms with Crippen molar-refractivity contribution in [3.63, 3.8) is 0 Å². The highest BCUT2D eigenvalue weighted by Crippen LogP contribution is 2.26. The van der Waals surface area contributed by atoms with Gasteiger partial charge in [-0.1, -0.05) is 48.6 Å². The molecule has 0 atom stereocenters. The van der Waals surface area contributed by atoms with Gasteiger partial charge in [-0.3, -0.25) is 0 Å². The molecule has 30 heavy (non-hydrogen) atoms. The molecule has 0 amide bonds. The molecule has 0 fully saturated rings. The van der Waals surface area contributed by atoms with Crippen LogP contribution in [-0.4, -0.2) is 9.97 Å². The fraction of sp³-hybridized carbons (Fsp3) is 0.0769. The van der Waals surface area contributed by atoms with E-state index < -0.39 is 0 Å². The number of hydrogen-bond acceptors (Lipinski definition) is 4. The number of fused-ring (bicyclic) bond motifs is 2. The first-order valence-electron chi connectivity index (χ1n) is 9.83. The highest BCUT2D eigenvalue weighted by Gasteiger charge is 2.02.